The predicted molar refractivity (Wildman–Crippen MR) is 77.0 cm³/mol. The quantitative estimate of drug-likeness (QED) is 0.732. The van der Waals surface area contributed by atoms with Crippen LogP contribution in [0.1, 0.15) is 24.2 Å². The summed E-state index contributed by atoms with van der Waals surface area (Å²) < 4.78 is 26.5. The molecule has 1 rings (SSSR count). The molecule has 0 atom stereocenters. The Morgan fingerprint density at radius 2 is 1.81 bits per heavy atom. The van der Waals surface area contributed by atoms with Gasteiger partial charge < -0.3 is 10.8 Å². The molecule has 0 saturated carbocycles. The van der Waals surface area contributed by atoms with Crippen molar-refractivity contribution in [2.45, 2.75) is 24.3 Å². The smallest absolute Gasteiger partial charge is 0.338 e. The van der Waals surface area contributed by atoms with Gasteiger partial charge in [-0.3, -0.25) is 4.79 Å². The second-order valence-electron chi connectivity index (χ2n) is 4.63. The molecule has 0 saturated heterocycles. The minimum absolute atomic E-state index is 0.208. The second-order valence-corrected chi connectivity index (χ2v) is 7.07. The van der Waals surface area contributed by atoms with Gasteiger partial charge in [0.1, 0.15) is 10.4 Å². The van der Waals surface area contributed by atoms with Crippen LogP contribution < -0.4 is 10.5 Å². The van der Waals surface area contributed by atoms with E-state index in [1.807, 2.05) is 0 Å². The first-order valence-electron chi connectivity index (χ1n) is 5.45. The summed E-state index contributed by atoms with van der Waals surface area (Å²) in [4.78, 5) is 21.7. The third kappa shape index (κ3) is 3.65. The van der Waals surface area contributed by atoms with E-state index in [9.17, 15) is 18.0 Å². The molecule has 21 heavy (non-hydrogen) atoms. The molecule has 7 nitrogen and oxygen atoms in total. The van der Waals surface area contributed by atoms with Crippen molar-refractivity contribution < 1.29 is 23.1 Å². The summed E-state index contributed by atoms with van der Waals surface area (Å²) in [6, 6.07) is 2.12. The summed E-state index contributed by atoms with van der Waals surface area (Å²) in [6.45, 7) is 2.52. The number of carbonyl (C=O) groups excluding carboxylic acids is 1. The number of nitrogens with one attached hydrogen (secondary N) is 1. The van der Waals surface area contributed by atoms with Crippen LogP contribution in [0, 0.1) is 0 Å². The topological polar surface area (TPSA) is 127 Å². The van der Waals surface area contributed by atoms with E-state index in [2.05, 4.69) is 4.72 Å². The molecule has 0 unspecified atom stereocenters. The molecule has 0 aliphatic carbocycles. The van der Waals surface area contributed by atoms with Crippen molar-refractivity contribution in [1.82, 2.24) is 4.72 Å². The molecule has 10 heteroatoms. The molecule has 0 aliphatic rings. The van der Waals surface area contributed by atoms with Crippen LogP contribution in [-0.4, -0.2) is 30.9 Å². The lowest BCUT2D eigenvalue weighted by atomic mass is 10.1. The van der Waals surface area contributed by atoms with Gasteiger partial charge in [-0.05, 0) is 26.0 Å². The SMILES string of the molecule is CC(C)(NS(=O)(=O)c1ccc(Cl)c(C(=O)O)c1Cl)C(N)=O. The molecule has 0 aliphatic heterocycles. The highest BCUT2D eigenvalue weighted by molar-refractivity contribution is 7.89. The van der Waals surface area contributed by atoms with Crippen LogP contribution in [0.25, 0.3) is 0 Å². The molecular weight excluding hydrogens is 343 g/mol. The molecule has 0 spiro atoms. The molecule has 0 bridgehead atoms. The summed E-state index contributed by atoms with van der Waals surface area (Å²) >= 11 is 11.5. The van der Waals surface area contributed by atoms with Crippen LogP contribution >= 0.6 is 23.2 Å². The number of carboxylic acids is 1. The Balaban J connectivity index is 3.44. The lowest BCUT2D eigenvalue weighted by molar-refractivity contribution is -0.122. The average Bonchev–Trinajstić information content (AvgIpc) is 2.25. The molecule has 0 heterocycles. The summed E-state index contributed by atoms with van der Waals surface area (Å²) in [5.41, 5.74) is 2.96. The minimum atomic E-state index is -4.27. The Kier molecular flexibility index (Phi) is 4.89. The number of halogens is 2. The van der Waals surface area contributed by atoms with Crippen LogP contribution in [0.5, 0.6) is 0 Å². The van der Waals surface area contributed by atoms with Gasteiger partial charge in [0.15, 0.2) is 0 Å². The van der Waals surface area contributed by atoms with E-state index >= 15 is 0 Å². The zero-order valence-electron chi connectivity index (χ0n) is 11.0. The number of primary amides is 1. The Morgan fingerprint density at radius 1 is 1.29 bits per heavy atom. The van der Waals surface area contributed by atoms with E-state index in [4.69, 9.17) is 34.0 Å². The van der Waals surface area contributed by atoms with Crippen molar-refractivity contribution in [2.24, 2.45) is 5.73 Å². The van der Waals surface area contributed by atoms with Gasteiger partial charge in [0, 0.05) is 0 Å². The van der Waals surface area contributed by atoms with Crippen molar-refractivity contribution in [3.63, 3.8) is 0 Å². The van der Waals surface area contributed by atoms with E-state index in [0.717, 1.165) is 12.1 Å². The molecule has 0 aromatic heterocycles. The van der Waals surface area contributed by atoms with Crippen molar-refractivity contribution in [2.75, 3.05) is 0 Å². The largest absolute Gasteiger partial charge is 0.478 e. The lowest BCUT2D eigenvalue weighted by Gasteiger charge is -2.22. The summed E-state index contributed by atoms with van der Waals surface area (Å²) in [6.07, 6.45) is 0. The maximum absolute atomic E-state index is 12.2. The van der Waals surface area contributed by atoms with Gasteiger partial charge >= 0.3 is 5.97 Å². The number of nitrogens with two attached hydrogens (primary N) is 1. The van der Waals surface area contributed by atoms with Crippen molar-refractivity contribution in [1.29, 1.82) is 0 Å². The number of carbonyl (C=O) groups is 2. The number of carboxylic acid groups (broad SMARTS) is 1. The zero-order valence-corrected chi connectivity index (χ0v) is 13.3. The minimum Gasteiger partial charge on any atom is -0.478 e. The number of aromatic carboxylic acids is 1. The first kappa shape index (κ1) is 17.7. The molecule has 1 aromatic rings. The Hall–Kier alpha value is -1.35. The fourth-order valence-electron chi connectivity index (χ4n) is 1.38. The maximum Gasteiger partial charge on any atom is 0.338 e. The first-order chi connectivity index (χ1) is 9.40. The highest BCUT2D eigenvalue weighted by Gasteiger charge is 2.33. The van der Waals surface area contributed by atoms with Crippen molar-refractivity contribution in [3.8, 4) is 0 Å². The predicted octanol–water partition coefficient (Wildman–Crippen LogP) is 1.23. The number of benzene rings is 1. The standard InChI is InChI=1S/C11H12Cl2N2O5S/c1-11(2,10(14)18)15-21(19,20)6-4-3-5(12)7(8(6)13)9(16)17/h3-4,15H,1-2H3,(H2,14,18)(H,16,17). The molecule has 0 fully saturated rings. The third-order valence-corrected chi connectivity index (χ3v) is 5.08. The molecule has 116 valence electrons. The van der Waals surface area contributed by atoms with Crippen LogP contribution in [-0.2, 0) is 14.8 Å². The van der Waals surface area contributed by atoms with Gasteiger partial charge in [0.05, 0.1) is 15.6 Å². The molecule has 4 N–H and O–H groups in total. The van der Waals surface area contributed by atoms with Gasteiger partial charge in [0.2, 0.25) is 15.9 Å². The van der Waals surface area contributed by atoms with Gasteiger partial charge in [-0.25, -0.2) is 13.2 Å². The number of hydrogen-bond donors (Lipinski definition) is 3. The van der Waals surface area contributed by atoms with Crippen molar-refractivity contribution in [3.05, 3.63) is 27.7 Å². The van der Waals surface area contributed by atoms with Crippen LogP contribution in [0.3, 0.4) is 0 Å². The zero-order chi connectivity index (χ0) is 16.6. The van der Waals surface area contributed by atoms with E-state index in [0.29, 0.717) is 0 Å². The van der Waals surface area contributed by atoms with Gasteiger partial charge in [-0.15, -0.1) is 0 Å². The fraction of sp³-hybridized carbons (Fsp3) is 0.273. The number of hydrogen-bond acceptors (Lipinski definition) is 4. The first-order valence-corrected chi connectivity index (χ1v) is 7.69. The third-order valence-electron chi connectivity index (χ3n) is 2.56. The molecular formula is C11H12Cl2N2O5S. The van der Waals surface area contributed by atoms with Crippen LogP contribution in [0.2, 0.25) is 10.0 Å². The summed E-state index contributed by atoms with van der Waals surface area (Å²) in [7, 11) is -4.27. The Bertz CT molecular complexity index is 716. The van der Waals surface area contributed by atoms with E-state index < -0.39 is 42.9 Å². The molecule has 0 radical (unpaired) electrons. The van der Waals surface area contributed by atoms with Crippen molar-refractivity contribution >= 4 is 45.1 Å². The Labute approximate surface area is 131 Å². The monoisotopic (exact) mass is 354 g/mol. The van der Waals surface area contributed by atoms with E-state index in [1.165, 1.54) is 13.8 Å². The number of rotatable bonds is 5. The molecule has 1 amide bonds. The summed E-state index contributed by atoms with van der Waals surface area (Å²) in [5, 5.41) is 8.24. The lowest BCUT2D eigenvalue weighted by Crippen LogP contribution is -2.52. The van der Waals surface area contributed by atoms with Crippen LogP contribution in [0.15, 0.2) is 17.0 Å². The highest BCUT2D eigenvalue weighted by Crippen LogP contribution is 2.31. The highest BCUT2D eigenvalue weighted by atomic mass is 35.5. The number of sulfonamides is 1. The summed E-state index contributed by atoms with van der Waals surface area (Å²) in [5.74, 6) is -2.38. The van der Waals surface area contributed by atoms with Crippen LogP contribution in [0.4, 0.5) is 0 Å². The normalized spacial score (nSPS) is 12.2. The average molecular weight is 355 g/mol. The maximum atomic E-state index is 12.2. The fourth-order valence-corrected chi connectivity index (χ4v) is 3.68. The molecule has 1 aromatic carbocycles. The Morgan fingerprint density at radius 3 is 2.24 bits per heavy atom. The second kappa shape index (κ2) is 5.80. The van der Waals surface area contributed by atoms with Gasteiger partial charge in [-0.2, -0.15) is 4.72 Å². The number of amides is 1. The van der Waals surface area contributed by atoms with Gasteiger partial charge in [-0.1, -0.05) is 23.2 Å². The van der Waals surface area contributed by atoms with Gasteiger partial charge in [0.25, 0.3) is 0 Å². The van der Waals surface area contributed by atoms with E-state index in [1.54, 1.807) is 0 Å². The van der Waals surface area contributed by atoms with E-state index in [-0.39, 0.29) is 5.02 Å².